The smallest absolute Gasteiger partial charge is 0.379 e. The molecule has 0 radical (unpaired) electrons. The van der Waals surface area contributed by atoms with Gasteiger partial charge in [-0.2, -0.15) is 0 Å². The third-order valence-electron chi connectivity index (χ3n) is 3.74. The van der Waals surface area contributed by atoms with Crippen LogP contribution in [0.15, 0.2) is 76.1 Å². The van der Waals surface area contributed by atoms with Crippen LogP contribution >= 0.6 is 0 Å². The zero-order valence-electron chi connectivity index (χ0n) is 11.2. The molecule has 0 bridgehead atoms. The second-order valence-electron chi connectivity index (χ2n) is 4.96. The van der Waals surface area contributed by atoms with Crippen LogP contribution in [0.5, 0.6) is 5.75 Å². The van der Waals surface area contributed by atoms with E-state index in [0.29, 0.717) is 5.58 Å². The summed E-state index contributed by atoms with van der Waals surface area (Å²) in [7, 11) is 0. The molecule has 1 atom stereocenters. The molecule has 0 spiro atoms. The first-order valence-corrected chi connectivity index (χ1v) is 6.78. The molecule has 0 fully saturated rings. The van der Waals surface area contributed by atoms with Crippen molar-refractivity contribution in [1.29, 1.82) is 0 Å². The van der Waals surface area contributed by atoms with Crippen LogP contribution in [-0.2, 0) is 0 Å². The molecule has 3 nitrogen and oxygen atoms in total. The molecule has 1 aliphatic heterocycles. The van der Waals surface area contributed by atoms with Gasteiger partial charge in [-0.25, -0.2) is 4.79 Å². The number of hydrogen-bond acceptors (Lipinski definition) is 3. The van der Waals surface area contributed by atoms with Crippen molar-refractivity contribution < 1.29 is 9.15 Å². The molecule has 0 saturated heterocycles. The van der Waals surface area contributed by atoms with Crippen molar-refractivity contribution in [1.82, 2.24) is 0 Å². The van der Waals surface area contributed by atoms with Gasteiger partial charge in [0.1, 0.15) is 5.58 Å². The fourth-order valence-electron chi connectivity index (χ4n) is 2.80. The van der Waals surface area contributed by atoms with Gasteiger partial charge in [0.2, 0.25) is 5.75 Å². The summed E-state index contributed by atoms with van der Waals surface area (Å²) in [6.45, 7) is 0. The largest absolute Gasteiger partial charge is 0.457 e. The third kappa shape index (κ3) is 1.86. The normalized spacial score (nSPS) is 16.5. The van der Waals surface area contributed by atoms with Gasteiger partial charge in [0.15, 0.2) is 0 Å². The summed E-state index contributed by atoms with van der Waals surface area (Å²) in [6.07, 6.45) is 3.52. The standard InChI is InChI=1S/C18H12O3/c19-18-17-16(14-8-4-5-9-15(14)21-18)13(10-11-20-17)12-6-2-1-3-7-12/h1-11,13H. The minimum Gasteiger partial charge on any atom is -0.457 e. The Morgan fingerprint density at radius 3 is 2.52 bits per heavy atom. The second-order valence-corrected chi connectivity index (χ2v) is 4.96. The molecular weight excluding hydrogens is 264 g/mol. The van der Waals surface area contributed by atoms with E-state index in [-0.39, 0.29) is 11.7 Å². The quantitative estimate of drug-likeness (QED) is 0.634. The van der Waals surface area contributed by atoms with Gasteiger partial charge in [0.05, 0.1) is 6.26 Å². The fraction of sp³-hybridized carbons (Fsp3) is 0.0556. The molecule has 3 aromatic rings. The highest BCUT2D eigenvalue weighted by Gasteiger charge is 2.25. The number of allylic oxidation sites excluding steroid dienone is 1. The maximum absolute atomic E-state index is 12.1. The van der Waals surface area contributed by atoms with Crippen molar-refractivity contribution in [3.63, 3.8) is 0 Å². The van der Waals surface area contributed by atoms with Gasteiger partial charge in [-0.05, 0) is 17.7 Å². The van der Waals surface area contributed by atoms with Crippen molar-refractivity contribution >= 4 is 11.0 Å². The molecule has 0 saturated carbocycles. The number of benzene rings is 2. The van der Waals surface area contributed by atoms with Crippen LogP contribution in [0.2, 0.25) is 0 Å². The fourth-order valence-corrected chi connectivity index (χ4v) is 2.80. The number of hydrogen-bond donors (Lipinski definition) is 0. The molecule has 0 aliphatic carbocycles. The molecule has 1 unspecified atom stereocenters. The summed E-state index contributed by atoms with van der Waals surface area (Å²) >= 11 is 0. The minimum absolute atomic E-state index is 0.0102. The van der Waals surface area contributed by atoms with Crippen molar-refractivity contribution in [2.75, 3.05) is 0 Å². The summed E-state index contributed by atoms with van der Waals surface area (Å²) in [6, 6.07) is 17.6. The second kappa shape index (κ2) is 4.63. The molecule has 102 valence electrons. The van der Waals surface area contributed by atoms with E-state index >= 15 is 0 Å². The Morgan fingerprint density at radius 2 is 1.67 bits per heavy atom. The van der Waals surface area contributed by atoms with E-state index in [1.807, 2.05) is 54.6 Å². The highest BCUT2D eigenvalue weighted by molar-refractivity contribution is 5.84. The Kier molecular flexibility index (Phi) is 2.64. The first-order chi connectivity index (χ1) is 10.3. The molecule has 21 heavy (non-hydrogen) atoms. The molecule has 1 aliphatic rings. The van der Waals surface area contributed by atoms with E-state index in [2.05, 4.69) is 0 Å². The number of ether oxygens (including phenoxy) is 1. The van der Waals surface area contributed by atoms with Crippen molar-refractivity contribution in [3.8, 4) is 5.75 Å². The zero-order valence-corrected chi connectivity index (χ0v) is 11.2. The molecular formula is C18H12O3. The highest BCUT2D eigenvalue weighted by atomic mass is 16.5. The molecule has 0 amide bonds. The number of rotatable bonds is 1. The first kappa shape index (κ1) is 12.0. The van der Waals surface area contributed by atoms with E-state index in [1.165, 1.54) is 0 Å². The summed E-state index contributed by atoms with van der Waals surface area (Å²) < 4.78 is 10.8. The van der Waals surface area contributed by atoms with Gasteiger partial charge in [-0.15, -0.1) is 0 Å². The van der Waals surface area contributed by atoms with Crippen LogP contribution in [0.25, 0.3) is 11.0 Å². The predicted octanol–water partition coefficient (Wildman–Crippen LogP) is 3.83. The maximum atomic E-state index is 12.1. The summed E-state index contributed by atoms with van der Waals surface area (Å²) in [5.41, 5.74) is 2.14. The summed E-state index contributed by atoms with van der Waals surface area (Å²) in [5.74, 6) is 0.272. The van der Waals surface area contributed by atoms with Gasteiger partial charge in [-0.1, -0.05) is 48.5 Å². The SMILES string of the molecule is O=c1oc2ccccc2c2c1OC=CC2c1ccccc1. The van der Waals surface area contributed by atoms with E-state index < -0.39 is 5.63 Å². The minimum atomic E-state index is -0.436. The Morgan fingerprint density at radius 1 is 0.905 bits per heavy atom. The van der Waals surface area contributed by atoms with Crippen LogP contribution in [0.1, 0.15) is 17.0 Å². The first-order valence-electron chi connectivity index (χ1n) is 6.78. The van der Waals surface area contributed by atoms with Gasteiger partial charge in [0.25, 0.3) is 0 Å². The Balaban J connectivity index is 2.06. The molecule has 2 heterocycles. The van der Waals surface area contributed by atoms with Gasteiger partial charge >= 0.3 is 5.63 Å². The van der Waals surface area contributed by atoms with Crippen molar-refractivity contribution in [2.24, 2.45) is 0 Å². The molecule has 2 aromatic carbocycles. The average Bonchev–Trinajstić information content (AvgIpc) is 2.55. The van der Waals surface area contributed by atoms with Crippen LogP contribution in [0, 0.1) is 0 Å². The molecule has 3 heteroatoms. The maximum Gasteiger partial charge on any atom is 0.379 e. The highest BCUT2D eigenvalue weighted by Crippen LogP contribution is 2.38. The van der Waals surface area contributed by atoms with Gasteiger partial charge in [0, 0.05) is 16.9 Å². The van der Waals surface area contributed by atoms with Crippen LogP contribution in [0.4, 0.5) is 0 Å². The Hall–Kier alpha value is -2.81. The van der Waals surface area contributed by atoms with Crippen LogP contribution in [0.3, 0.4) is 0 Å². The van der Waals surface area contributed by atoms with Crippen LogP contribution < -0.4 is 10.4 Å². The monoisotopic (exact) mass is 276 g/mol. The average molecular weight is 276 g/mol. The molecule has 0 N–H and O–H groups in total. The lowest BCUT2D eigenvalue weighted by Gasteiger charge is -2.21. The summed E-state index contributed by atoms with van der Waals surface area (Å²) in [4.78, 5) is 12.1. The zero-order chi connectivity index (χ0) is 14.2. The number of para-hydroxylation sites is 1. The topological polar surface area (TPSA) is 39.4 Å². The lowest BCUT2D eigenvalue weighted by Crippen LogP contribution is -2.14. The number of fused-ring (bicyclic) bond motifs is 3. The summed E-state index contributed by atoms with van der Waals surface area (Å²) in [5, 5.41) is 0.908. The molecule has 4 rings (SSSR count). The van der Waals surface area contributed by atoms with Crippen molar-refractivity contribution in [2.45, 2.75) is 5.92 Å². The van der Waals surface area contributed by atoms with E-state index in [1.54, 1.807) is 12.3 Å². The van der Waals surface area contributed by atoms with Gasteiger partial charge in [-0.3, -0.25) is 0 Å². The van der Waals surface area contributed by atoms with E-state index in [4.69, 9.17) is 9.15 Å². The van der Waals surface area contributed by atoms with E-state index in [9.17, 15) is 4.79 Å². The van der Waals surface area contributed by atoms with Crippen LogP contribution in [-0.4, -0.2) is 0 Å². The molecule has 1 aromatic heterocycles. The van der Waals surface area contributed by atoms with Crippen molar-refractivity contribution in [3.05, 3.63) is 88.5 Å². The predicted molar refractivity (Wildman–Crippen MR) is 80.5 cm³/mol. The lowest BCUT2D eigenvalue weighted by molar-refractivity contribution is 0.418. The third-order valence-corrected chi connectivity index (χ3v) is 3.74. The lowest BCUT2D eigenvalue weighted by atomic mass is 9.88. The Labute approximate surface area is 121 Å². The van der Waals surface area contributed by atoms with Gasteiger partial charge < -0.3 is 9.15 Å². The van der Waals surface area contributed by atoms with E-state index in [0.717, 1.165) is 16.5 Å². The Bertz CT molecular complexity index is 891.